The summed E-state index contributed by atoms with van der Waals surface area (Å²) in [6.45, 7) is 3.78. The number of carbonyl (C=O) groups is 1. The Kier molecular flexibility index (Phi) is 5.38. The molecule has 1 aromatic carbocycles. The molecule has 1 amide bonds. The Morgan fingerprint density at radius 2 is 1.81 bits per heavy atom. The number of nitrogens with one attached hydrogen (secondary N) is 1. The molecule has 132 valence electrons. The number of anilines is 1. The van der Waals surface area contributed by atoms with Gasteiger partial charge in [0.1, 0.15) is 11.5 Å². The Morgan fingerprint density at radius 3 is 2.50 bits per heavy atom. The van der Waals surface area contributed by atoms with Gasteiger partial charge in [0.05, 0.1) is 24.7 Å². The van der Waals surface area contributed by atoms with Crippen molar-refractivity contribution in [3.63, 3.8) is 0 Å². The molecule has 0 saturated carbocycles. The van der Waals surface area contributed by atoms with Crippen molar-refractivity contribution in [2.45, 2.75) is 20.0 Å². The lowest BCUT2D eigenvalue weighted by Gasteiger charge is -2.10. The average molecular weight is 350 g/mol. The summed E-state index contributed by atoms with van der Waals surface area (Å²) < 4.78 is 11.1. The minimum absolute atomic E-state index is 0.0254. The molecule has 0 aliphatic heterocycles. The molecule has 0 atom stereocenters. The second kappa shape index (κ2) is 8.06. The van der Waals surface area contributed by atoms with E-state index in [2.05, 4.69) is 20.3 Å². The van der Waals surface area contributed by atoms with Crippen LogP contribution < -0.4 is 14.8 Å². The van der Waals surface area contributed by atoms with Crippen molar-refractivity contribution in [1.29, 1.82) is 0 Å². The third-order valence-electron chi connectivity index (χ3n) is 3.20. The molecule has 0 saturated heterocycles. The van der Waals surface area contributed by atoms with Gasteiger partial charge in [-0.15, -0.1) is 0 Å². The number of aromatic nitrogens is 3. The highest BCUT2D eigenvalue weighted by Crippen LogP contribution is 2.21. The minimum Gasteiger partial charge on any atom is -0.474 e. The molecule has 0 aliphatic rings. The summed E-state index contributed by atoms with van der Waals surface area (Å²) in [5.74, 6) is 1.62. The number of benzene rings is 1. The topological polar surface area (TPSA) is 86.2 Å². The molecule has 1 N–H and O–H groups in total. The molecule has 2 aromatic heterocycles. The first-order valence-electron chi connectivity index (χ1n) is 8.08. The monoisotopic (exact) mass is 350 g/mol. The second-order valence-corrected chi connectivity index (χ2v) is 5.68. The van der Waals surface area contributed by atoms with Gasteiger partial charge in [-0.1, -0.05) is 0 Å². The number of nitrogens with zero attached hydrogens (tertiary/aromatic N) is 3. The Labute approximate surface area is 151 Å². The molecule has 3 aromatic rings. The fraction of sp³-hybridized carbons (Fsp3) is 0.158. The lowest BCUT2D eigenvalue weighted by molar-refractivity contribution is 0.102. The fourth-order valence-electron chi connectivity index (χ4n) is 2.11. The van der Waals surface area contributed by atoms with E-state index >= 15 is 0 Å². The number of ether oxygens (including phenoxy) is 2. The summed E-state index contributed by atoms with van der Waals surface area (Å²) >= 11 is 0. The first-order valence-corrected chi connectivity index (χ1v) is 8.08. The zero-order valence-electron chi connectivity index (χ0n) is 14.4. The third kappa shape index (κ3) is 4.76. The van der Waals surface area contributed by atoms with Crippen LogP contribution in [0.25, 0.3) is 0 Å². The van der Waals surface area contributed by atoms with Crippen LogP contribution >= 0.6 is 0 Å². The Morgan fingerprint density at radius 1 is 1.00 bits per heavy atom. The summed E-state index contributed by atoms with van der Waals surface area (Å²) in [5, 5.41) is 2.70. The smallest absolute Gasteiger partial charge is 0.256 e. The first kappa shape index (κ1) is 17.3. The molecule has 0 bridgehead atoms. The van der Waals surface area contributed by atoms with Crippen molar-refractivity contribution in [1.82, 2.24) is 15.0 Å². The van der Waals surface area contributed by atoms with Gasteiger partial charge in [-0.25, -0.2) is 0 Å². The van der Waals surface area contributed by atoms with Crippen LogP contribution in [0.4, 0.5) is 5.82 Å². The van der Waals surface area contributed by atoms with E-state index in [1.807, 2.05) is 13.8 Å². The lowest BCUT2D eigenvalue weighted by atomic mass is 10.2. The van der Waals surface area contributed by atoms with Gasteiger partial charge in [0, 0.05) is 11.8 Å². The van der Waals surface area contributed by atoms with Crippen molar-refractivity contribution >= 4 is 11.7 Å². The normalized spacial score (nSPS) is 10.4. The molecule has 26 heavy (non-hydrogen) atoms. The molecule has 7 heteroatoms. The highest BCUT2D eigenvalue weighted by molar-refractivity contribution is 6.03. The third-order valence-corrected chi connectivity index (χ3v) is 3.20. The maximum Gasteiger partial charge on any atom is 0.256 e. The van der Waals surface area contributed by atoms with Crippen LogP contribution in [-0.2, 0) is 0 Å². The van der Waals surface area contributed by atoms with Gasteiger partial charge in [-0.05, 0) is 50.2 Å². The highest BCUT2D eigenvalue weighted by Gasteiger charge is 2.09. The molecular weight excluding hydrogens is 332 g/mol. The van der Waals surface area contributed by atoms with Gasteiger partial charge in [-0.3, -0.25) is 14.8 Å². The maximum absolute atomic E-state index is 12.3. The Balaban J connectivity index is 1.65. The van der Waals surface area contributed by atoms with E-state index in [0.29, 0.717) is 28.8 Å². The average Bonchev–Trinajstić information content (AvgIpc) is 2.63. The fourth-order valence-corrected chi connectivity index (χ4v) is 2.11. The van der Waals surface area contributed by atoms with Crippen molar-refractivity contribution in [3.8, 4) is 17.4 Å². The molecular formula is C19H18N4O3. The molecule has 0 fully saturated rings. The summed E-state index contributed by atoms with van der Waals surface area (Å²) in [6, 6.07) is 10.4. The molecule has 3 rings (SSSR count). The number of pyridine rings is 1. The van der Waals surface area contributed by atoms with Crippen LogP contribution in [0.15, 0.2) is 61.2 Å². The van der Waals surface area contributed by atoms with Crippen LogP contribution in [0.1, 0.15) is 24.2 Å². The van der Waals surface area contributed by atoms with Crippen molar-refractivity contribution < 1.29 is 14.3 Å². The molecule has 2 heterocycles. The van der Waals surface area contributed by atoms with Crippen LogP contribution in [0.5, 0.6) is 17.4 Å². The zero-order chi connectivity index (χ0) is 18.4. The Bertz CT molecular complexity index is 867. The number of amides is 1. The predicted molar refractivity (Wildman–Crippen MR) is 96.5 cm³/mol. The van der Waals surface area contributed by atoms with E-state index in [1.165, 1.54) is 12.4 Å². The standard InChI is InChI=1S/C19H18N4O3/c1-13(2)25-18-12-21-11-17(22-18)23-19(24)14-5-7-15(8-6-14)26-16-4-3-9-20-10-16/h3-13H,1-2H3,(H,22,23,24). The molecule has 0 spiro atoms. The SMILES string of the molecule is CC(C)Oc1cncc(NC(=O)c2ccc(Oc3cccnc3)cc2)n1. The number of hydrogen-bond donors (Lipinski definition) is 1. The van der Waals surface area contributed by atoms with E-state index in [9.17, 15) is 4.79 Å². The van der Waals surface area contributed by atoms with Gasteiger partial charge in [0.25, 0.3) is 5.91 Å². The van der Waals surface area contributed by atoms with Gasteiger partial charge in [-0.2, -0.15) is 4.98 Å². The van der Waals surface area contributed by atoms with Crippen LogP contribution in [0.3, 0.4) is 0 Å². The summed E-state index contributed by atoms with van der Waals surface area (Å²) in [7, 11) is 0. The summed E-state index contributed by atoms with van der Waals surface area (Å²) in [4.78, 5) is 24.6. The van der Waals surface area contributed by atoms with Crippen molar-refractivity contribution in [2.24, 2.45) is 0 Å². The second-order valence-electron chi connectivity index (χ2n) is 5.68. The lowest BCUT2D eigenvalue weighted by Crippen LogP contribution is -2.14. The van der Waals surface area contributed by atoms with Gasteiger partial charge < -0.3 is 14.8 Å². The van der Waals surface area contributed by atoms with Crippen molar-refractivity contribution in [2.75, 3.05) is 5.32 Å². The van der Waals surface area contributed by atoms with Crippen molar-refractivity contribution in [3.05, 3.63) is 66.7 Å². The van der Waals surface area contributed by atoms with E-state index < -0.39 is 0 Å². The zero-order valence-corrected chi connectivity index (χ0v) is 14.4. The van der Waals surface area contributed by atoms with Gasteiger partial charge in [0.15, 0.2) is 5.82 Å². The largest absolute Gasteiger partial charge is 0.474 e. The predicted octanol–water partition coefficient (Wildman–Crippen LogP) is 3.70. The quantitative estimate of drug-likeness (QED) is 0.729. The van der Waals surface area contributed by atoms with E-state index in [-0.39, 0.29) is 12.0 Å². The molecule has 7 nitrogen and oxygen atoms in total. The number of carbonyl (C=O) groups excluding carboxylic acids is 1. The van der Waals surface area contributed by atoms with Crippen LogP contribution in [-0.4, -0.2) is 27.0 Å². The molecule has 0 radical (unpaired) electrons. The number of rotatable bonds is 6. The molecule has 0 unspecified atom stereocenters. The highest BCUT2D eigenvalue weighted by atomic mass is 16.5. The van der Waals surface area contributed by atoms with E-state index in [0.717, 1.165) is 0 Å². The van der Waals surface area contributed by atoms with Crippen LogP contribution in [0.2, 0.25) is 0 Å². The first-order chi connectivity index (χ1) is 12.6. The van der Waals surface area contributed by atoms with Gasteiger partial charge in [0.2, 0.25) is 5.88 Å². The van der Waals surface area contributed by atoms with E-state index in [4.69, 9.17) is 9.47 Å². The summed E-state index contributed by atoms with van der Waals surface area (Å²) in [5.41, 5.74) is 0.473. The van der Waals surface area contributed by atoms with Crippen LogP contribution in [0, 0.1) is 0 Å². The maximum atomic E-state index is 12.3. The summed E-state index contributed by atoms with van der Waals surface area (Å²) in [6.07, 6.45) is 6.23. The minimum atomic E-state index is -0.297. The van der Waals surface area contributed by atoms with Gasteiger partial charge >= 0.3 is 0 Å². The van der Waals surface area contributed by atoms with E-state index in [1.54, 1.807) is 48.8 Å². The number of hydrogen-bond acceptors (Lipinski definition) is 6. The molecule has 0 aliphatic carbocycles. The Hall–Kier alpha value is -3.48.